The van der Waals surface area contributed by atoms with Crippen LogP contribution in [0.15, 0.2) is 0 Å². The van der Waals surface area contributed by atoms with Crippen molar-refractivity contribution < 1.29 is 4.48 Å². The van der Waals surface area contributed by atoms with Crippen LogP contribution in [0.25, 0.3) is 0 Å². The van der Waals surface area contributed by atoms with Crippen LogP contribution in [0.5, 0.6) is 0 Å². The first-order valence-corrected chi connectivity index (χ1v) is 15.1. The van der Waals surface area contributed by atoms with Gasteiger partial charge in [-0.1, -0.05) is 118 Å². The van der Waals surface area contributed by atoms with Crippen molar-refractivity contribution >= 4 is 0 Å². The largest absolute Gasteiger partial charge is 0.324 e. The Morgan fingerprint density at radius 2 is 0.452 bits per heavy atom. The highest BCUT2D eigenvalue weighted by Crippen LogP contribution is 2.20. The Balaban J connectivity index is 4.68. The van der Waals surface area contributed by atoms with Gasteiger partial charge < -0.3 is 4.48 Å². The Hall–Kier alpha value is -0.0400. The third-order valence-electron chi connectivity index (χ3n) is 7.44. The Bertz CT molecular complexity index is 284. The van der Waals surface area contributed by atoms with Crippen LogP contribution in [0.3, 0.4) is 0 Å². The zero-order chi connectivity index (χ0) is 22.9. The zero-order valence-corrected chi connectivity index (χ0v) is 22.8. The predicted octanol–water partition coefficient (Wildman–Crippen LogP) is 10.5. The molecule has 0 aliphatic carbocycles. The Morgan fingerprint density at radius 3 is 0.710 bits per heavy atom. The van der Waals surface area contributed by atoms with Crippen molar-refractivity contribution in [1.29, 1.82) is 0 Å². The number of hydrogen-bond acceptors (Lipinski definition) is 0. The minimum absolute atomic E-state index is 1.37. The maximum absolute atomic E-state index is 2.35. The molecule has 1 heteroatoms. The minimum atomic E-state index is 1.37. The summed E-state index contributed by atoms with van der Waals surface area (Å²) in [5.41, 5.74) is 0. The maximum atomic E-state index is 2.35. The van der Waals surface area contributed by atoms with Crippen LogP contribution < -0.4 is 0 Å². The topological polar surface area (TPSA) is 0 Å². The highest BCUT2D eigenvalue weighted by molar-refractivity contribution is 4.54. The van der Waals surface area contributed by atoms with Crippen molar-refractivity contribution in [3.05, 3.63) is 0 Å². The van der Waals surface area contributed by atoms with Crippen molar-refractivity contribution in [2.24, 2.45) is 0 Å². The van der Waals surface area contributed by atoms with Crippen LogP contribution in [0.1, 0.15) is 169 Å². The van der Waals surface area contributed by atoms with Gasteiger partial charge in [0.15, 0.2) is 0 Å². The molecule has 0 fully saturated rings. The van der Waals surface area contributed by atoms with Crippen molar-refractivity contribution in [1.82, 2.24) is 0 Å². The van der Waals surface area contributed by atoms with Gasteiger partial charge in [0.2, 0.25) is 0 Å². The molecule has 0 amide bonds. The van der Waals surface area contributed by atoms with E-state index in [1.165, 1.54) is 172 Å². The van der Waals surface area contributed by atoms with Crippen molar-refractivity contribution in [2.45, 2.75) is 169 Å². The quantitative estimate of drug-likeness (QED) is 0.0930. The first-order valence-electron chi connectivity index (χ1n) is 15.1. The molecule has 188 valence electrons. The Kier molecular flexibility index (Phi) is 24.6. The van der Waals surface area contributed by atoms with Gasteiger partial charge in [-0.25, -0.2) is 0 Å². The van der Waals surface area contributed by atoms with E-state index in [-0.39, 0.29) is 0 Å². The van der Waals surface area contributed by atoms with Crippen LogP contribution >= 0.6 is 0 Å². The normalized spacial score (nSPS) is 12.0. The van der Waals surface area contributed by atoms with Crippen molar-refractivity contribution in [3.63, 3.8) is 0 Å². The second-order valence-electron chi connectivity index (χ2n) is 10.6. The lowest BCUT2D eigenvalue weighted by Gasteiger charge is -2.39. The van der Waals surface area contributed by atoms with E-state index in [0.717, 1.165) is 0 Å². The van der Waals surface area contributed by atoms with Crippen molar-refractivity contribution in [3.8, 4) is 0 Å². The summed E-state index contributed by atoms with van der Waals surface area (Å²) in [6.45, 7) is 15.2. The molecule has 0 saturated heterocycles. The lowest BCUT2D eigenvalue weighted by Crippen LogP contribution is -2.50. The standard InChI is InChI=1S/C30H64N/c1-5-9-13-17-20-24-28-31(27-23-16-12-8-4,29-25-21-18-14-10-6-2)30-26-22-19-15-11-7-3/h5-30H2,1-4H3/q+1. The van der Waals surface area contributed by atoms with Gasteiger partial charge in [-0.3, -0.25) is 0 Å². The monoisotopic (exact) mass is 439 g/mol. The van der Waals surface area contributed by atoms with Gasteiger partial charge in [-0.2, -0.15) is 0 Å². The molecule has 31 heavy (non-hydrogen) atoms. The molecule has 0 unspecified atom stereocenters. The average Bonchev–Trinajstić information content (AvgIpc) is 2.78. The van der Waals surface area contributed by atoms with Crippen LogP contribution in [-0.2, 0) is 0 Å². The molecule has 0 aliphatic heterocycles. The summed E-state index contributed by atoms with van der Waals surface area (Å²) in [5, 5.41) is 0. The first kappa shape index (κ1) is 31.0. The smallest absolute Gasteiger partial charge is 0.0786 e. The summed E-state index contributed by atoms with van der Waals surface area (Å²) in [4.78, 5) is 0. The van der Waals surface area contributed by atoms with Crippen LogP contribution in [0, 0.1) is 0 Å². The van der Waals surface area contributed by atoms with E-state index >= 15 is 0 Å². The van der Waals surface area contributed by atoms with E-state index in [0.29, 0.717) is 0 Å². The molecule has 0 N–H and O–H groups in total. The summed E-state index contributed by atoms with van der Waals surface area (Å²) in [6, 6.07) is 0. The van der Waals surface area contributed by atoms with E-state index in [2.05, 4.69) is 27.7 Å². The fraction of sp³-hybridized carbons (Fsp3) is 1.00. The third-order valence-corrected chi connectivity index (χ3v) is 7.44. The van der Waals surface area contributed by atoms with Gasteiger partial charge in [-0.15, -0.1) is 0 Å². The van der Waals surface area contributed by atoms with Crippen molar-refractivity contribution in [2.75, 3.05) is 26.2 Å². The summed E-state index contributed by atoms with van der Waals surface area (Å²) in [7, 11) is 0. The fourth-order valence-corrected chi connectivity index (χ4v) is 5.23. The van der Waals surface area contributed by atoms with E-state index < -0.39 is 0 Å². The van der Waals surface area contributed by atoms with Gasteiger partial charge >= 0.3 is 0 Å². The molecule has 0 aromatic carbocycles. The number of nitrogens with zero attached hydrogens (tertiary/aromatic N) is 1. The second kappa shape index (κ2) is 24.6. The molecular weight excluding hydrogens is 374 g/mol. The molecule has 0 aromatic rings. The summed E-state index contributed by atoms with van der Waals surface area (Å²) >= 11 is 0. The predicted molar refractivity (Wildman–Crippen MR) is 144 cm³/mol. The van der Waals surface area contributed by atoms with Gasteiger partial charge in [0, 0.05) is 0 Å². The molecule has 0 saturated carbocycles. The molecule has 0 bridgehead atoms. The van der Waals surface area contributed by atoms with Crippen LogP contribution in [0.4, 0.5) is 0 Å². The molecule has 0 aliphatic rings. The molecule has 0 radical (unpaired) electrons. The lowest BCUT2D eigenvalue weighted by molar-refractivity contribution is -0.929. The molecule has 0 atom stereocenters. The van der Waals surface area contributed by atoms with Crippen LogP contribution in [-0.4, -0.2) is 30.7 Å². The second-order valence-corrected chi connectivity index (χ2v) is 10.6. The number of unbranched alkanes of at least 4 members (excludes halogenated alkanes) is 18. The van der Waals surface area contributed by atoms with E-state index in [1.807, 2.05) is 0 Å². The molecule has 1 nitrogen and oxygen atoms in total. The third kappa shape index (κ3) is 20.3. The van der Waals surface area contributed by atoms with Gasteiger partial charge in [0.05, 0.1) is 26.2 Å². The average molecular weight is 439 g/mol. The Morgan fingerprint density at radius 1 is 0.258 bits per heavy atom. The summed E-state index contributed by atoms with van der Waals surface area (Å²) in [5.74, 6) is 0. The highest BCUT2D eigenvalue weighted by Gasteiger charge is 2.25. The summed E-state index contributed by atoms with van der Waals surface area (Å²) < 4.78 is 1.47. The molecule has 0 rings (SSSR count). The molecule has 0 heterocycles. The van der Waals surface area contributed by atoms with E-state index in [1.54, 1.807) is 0 Å². The molecular formula is C30H64N+. The van der Waals surface area contributed by atoms with E-state index in [4.69, 9.17) is 0 Å². The molecule has 0 aromatic heterocycles. The van der Waals surface area contributed by atoms with Gasteiger partial charge in [0.25, 0.3) is 0 Å². The molecule has 0 spiro atoms. The first-order chi connectivity index (χ1) is 15.2. The number of quaternary nitrogens is 1. The minimum Gasteiger partial charge on any atom is -0.324 e. The number of hydrogen-bond donors (Lipinski definition) is 0. The number of rotatable bonds is 26. The zero-order valence-electron chi connectivity index (χ0n) is 22.8. The van der Waals surface area contributed by atoms with E-state index in [9.17, 15) is 0 Å². The van der Waals surface area contributed by atoms with Gasteiger partial charge in [-0.05, 0) is 51.4 Å². The maximum Gasteiger partial charge on any atom is 0.0786 e. The highest BCUT2D eigenvalue weighted by atomic mass is 15.3. The van der Waals surface area contributed by atoms with Gasteiger partial charge in [0.1, 0.15) is 0 Å². The SMILES string of the molecule is CCCCCCCC[N+](CCCCCC)(CCCCCCCC)CCCCCCCC. The Labute approximate surface area is 199 Å². The fourth-order valence-electron chi connectivity index (χ4n) is 5.23. The lowest BCUT2D eigenvalue weighted by atomic mass is 10.0. The summed E-state index contributed by atoms with van der Waals surface area (Å²) in [6.07, 6.45) is 31.8. The van der Waals surface area contributed by atoms with Crippen LogP contribution in [0.2, 0.25) is 0 Å².